The van der Waals surface area contributed by atoms with Gasteiger partial charge >= 0.3 is 6.09 Å². The lowest BCUT2D eigenvalue weighted by atomic mass is 10.2. The Morgan fingerprint density at radius 1 is 1.29 bits per heavy atom. The minimum Gasteiger partial charge on any atom is -0.445 e. The molecule has 0 radical (unpaired) electrons. The van der Waals surface area contributed by atoms with E-state index in [9.17, 15) is 9.59 Å². The molecular weight excluding hydrogens is 270 g/mol. The van der Waals surface area contributed by atoms with E-state index in [1.54, 1.807) is 13.8 Å². The third-order valence-electron chi connectivity index (χ3n) is 3.02. The van der Waals surface area contributed by atoms with Crippen LogP contribution in [0.4, 0.5) is 4.79 Å². The number of rotatable bonds is 4. The molecule has 0 saturated carbocycles. The summed E-state index contributed by atoms with van der Waals surface area (Å²) >= 11 is 0. The lowest BCUT2D eigenvalue weighted by Crippen LogP contribution is -2.29. The summed E-state index contributed by atoms with van der Waals surface area (Å²) < 4.78 is 5.05. The number of nitrogens with one attached hydrogen (secondary N) is 2. The zero-order chi connectivity index (χ0) is 15.2. The zero-order valence-corrected chi connectivity index (χ0v) is 12.0. The fourth-order valence-electron chi connectivity index (χ4n) is 1.72. The first-order chi connectivity index (χ1) is 10.1. The van der Waals surface area contributed by atoms with Crippen LogP contribution >= 0.6 is 0 Å². The van der Waals surface area contributed by atoms with Gasteiger partial charge in [0.05, 0.1) is 12.2 Å². The first-order valence-corrected chi connectivity index (χ1v) is 6.57. The molecule has 0 unspecified atom stereocenters. The van der Waals surface area contributed by atoms with Gasteiger partial charge in [0, 0.05) is 5.69 Å². The standard InChI is InChI=1S/C15H17N3O3/c1-10-11(2)18-14(19)13(17-10)8-16-15(20)21-9-12-6-4-3-5-7-12/h3-7H,8-9H2,1-2H3,(H,16,20)(H,18,19). The van der Waals surface area contributed by atoms with E-state index in [1.807, 2.05) is 30.3 Å². The number of amides is 1. The molecule has 1 amide bonds. The maximum absolute atomic E-state index is 11.7. The largest absolute Gasteiger partial charge is 0.445 e. The van der Waals surface area contributed by atoms with E-state index in [2.05, 4.69) is 15.3 Å². The Morgan fingerprint density at radius 2 is 2.00 bits per heavy atom. The van der Waals surface area contributed by atoms with Gasteiger partial charge in [-0.05, 0) is 19.4 Å². The van der Waals surface area contributed by atoms with Gasteiger partial charge in [0.2, 0.25) is 0 Å². The molecule has 21 heavy (non-hydrogen) atoms. The number of carbonyl (C=O) groups is 1. The van der Waals surface area contributed by atoms with Crippen molar-refractivity contribution in [1.82, 2.24) is 15.3 Å². The highest BCUT2D eigenvalue weighted by Crippen LogP contribution is 2.01. The monoisotopic (exact) mass is 287 g/mol. The minimum absolute atomic E-state index is 0.0318. The van der Waals surface area contributed by atoms with Gasteiger partial charge in [-0.25, -0.2) is 9.78 Å². The van der Waals surface area contributed by atoms with Crippen LogP contribution in [0, 0.1) is 13.8 Å². The van der Waals surface area contributed by atoms with Crippen molar-refractivity contribution in [2.75, 3.05) is 0 Å². The van der Waals surface area contributed by atoms with Crippen molar-refractivity contribution >= 4 is 6.09 Å². The average Bonchev–Trinajstić information content (AvgIpc) is 2.48. The number of hydrogen-bond donors (Lipinski definition) is 2. The van der Waals surface area contributed by atoms with Crippen LogP contribution in [0.25, 0.3) is 0 Å². The number of nitrogens with zero attached hydrogens (tertiary/aromatic N) is 1. The quantitative estimate of drug-likeness (QED) is 0.898. The Labute approximate surface area is 122 Å². The third-order valence-corrected chi connectivity index (χ3v) is 3.02. The summed E-state index contributed by atoms with van der Waals surface area (Å²) in [6, 6.07) is 9.36. The van der Waals surface area contributed by atoms with E-state index in [-0.39, 0.29) is 24.4 Å². The molecule has 0 aliphatic rings. The SMILES string of the molecule is Cc1nc(CNC(=O)OCc2ccccc2)c(=O)[nH]c1C. The lowest BCUT2D eigenvalue weighted by molar-refractivity contribution is 0.139. The molecule has 2 aromatic rings. The Kier molecular flexibility index (Phi) is 4.71. The van der Waals surface area contributed by atoms with Gasteiger partial charge in [0.1, 0.15) is 12.3 Å². The van der Waals surface area contributed by atoms with Crippen molar-refractivity contribution in [1.29, 1.82) is 0 Å². The topological polar surface area (TPSA) is 84.1 Å². The van der Waals surface area contributed by atoms with Gasteiger partial charge in [-0.15, -0.1) is 0 Å². The number of aryl methyl sites for hydroxylation is 2. The van der Waals surface area contributed by atoms with E-state index in [0.29, 0.717) is 0 Å². The number of carbonyl (C=O) groups excluding carboxylic acids is 1. The third kappa shape index (κ3) is 4.17. The molecule has 2 N–H and O–H groups in total. The highest BCUT2D eigenvalue weighted by Gasteiger charge is 2.08. The van der Waals surface area contributed by atoms with E-state index >= 15 is 0 Å². The maximum atomic E-state index is 11.7. The van der Waals surface area contributed by atoms with Gasteiger partial charge in [0.25, 0.3) is 5.56 Å². The van der Waals surface area contributed by atoms with E-state index in [4.69, 9.17) is 4.74 Å². The van der Waals surface area contributed by atoms with Crippen LogP contribution in [0.1, 0.15) is 22.6 Å². The molecule has 0 atom stereocenters. The molecular formula is C15H17N3O3. The van der Waals surface area contributed by atoms with Gasteiger partial charge in [-0.2, -0.15) is 0 Å². The van der Waals surface area contributed by atoms with Crippen molar-refractivity contribution in [3.8, 4) is 0 Å². The number of ether oxygens (including phenoxy) is 1. The Balaban J connectivity index is 1.87. The molecule has 0 saturated heterocycles. The molecule has 0 fully saturated rings. The van der Waals surface area contributed by atoms with Gasteiger partial charge < -0.3 is 15.0 Å². The lowest BCUT2D eigenvalue weighted by Gasteiger charge is -2.07. The molecule has 0 bridgehead atoms. The molecule has 0 spiro atoms. The predicted molar refractivity (Wildman–Crippen MR) is 77.8 cm³/mol. The smallest absolute Gasteiger partial charge is 0.407 e. The summed E-state index contributed by atoms with van der Waals surface area (Å²) in [4.78, 5) is 30.1. The number of aromatic nitrogens is 2. The van der Waals surface area contributed by atoms with E-state index < -0.39 is 6.09 Å². The Bertz CT molecular complexity index is 680. The summed E-state index contributed by atoms with van der Waals surface area (Å²) in [6.45, 7) is 3.78. The summed E-state index contributed by atoms with van der Waals surface area (Å²) in [6.07, 6.45) is -0.585. The van der Waals surface area contributed by atoms with Crippen molar-refractivity contribution in [2.24, 2.45) is 0 Å². The van der Waals surface area contributed by atoms with Crippen LogP contribution in [0.5, 0.6) is 0 Å². The summed E-state index contributed by atoms with van der Waals surface area (Å²) in [5.74, 6) is 0. The van der Waals surface area contributed by atoms with Crippen LogP contribution < -0.4 is 10.9 Å². The summed E-state index contributed by atoms with van der Waals surface area (Å²) in [5, 5.41) is 2.51. The molecule has 1 aromatic heterocycles. The first-order valence-electron chi connectivity index (χ1n) is 6.57. The van der Waals surface area contributed by atoms with Crippen molar-refractivity contribution in [3.05, 3.63) is 63.3 Å². The number of H-pyrrole nitrogens is 1. The molecule has 2 rings (SSSR count). The van der Waals surface area contributed by atoms with Crippen LogP contribution in [0.3, 0.4) is 0 Å². The molecule has 1 aromatic carbocycles. The zero-order valence-electron chi connectivity index (χ0n) is 12.0. The Hall–Kier alpha value is -2.63. The maximum Gasteiger partial charge on any atom is 0.407 e. The van der Waals surface area contributed by atoms with E-state index in [0.717, 1.165) is 17.0 Å². The highest BCUT2D eigenvalue weighted by molar-refractivity contribution is 5.67. The molecule has 110 valence electrons. The minimum atomic E-state index is -0.585. The number of hydrogen-bond acceptors (Lipinski definition) is 4. The Morgan fingerprint density at radius 3 is 2.71 bits per heavy atom. The molecule has 6 nitrogen and oxygen atoms in total. The predicted octanol–water partition coefficient (Wildman–Crippen LogP) is 1.81. The van der Waals surface area contributed by atoms with Gasteiger partial charge in [-0.1, -0.05) is 30.3 Å². The van der Waals surface area contributed by atoms with Gasteiger partial charge in [-0.3, -0.25) is 4.79 Å². The summed E-state index contributed by atoms with van der Waals surface area (Å²) in [5.41, 5.74) is 2.30. The molecule has 0 aliphatic carbocycles. The van der Waals surface area contributed by atoms with Crippen LogP contribution in [0.15, 0.2) is 35.1 Å². The number of aromatic amines is 1. The van der Waals surface area contributed by atoms with Crippen LogP contribution in [0.2, 0.25) is 0 Å². The van der Waals surface area contributed by atoms with E-state index in [1.165, 1.54) is 0 Å². The normalized spacial score (nSPS) is 10.2. The van der Waals surface area contributed by atoms with Gasteiger partial charge in [0.15, 0.2) is 0 Å². The number of benzene rings is 1. The van der Waals surface area contributed by atoms with Crippen LogP contribution in [-0.2, 0) is 17.9 Å². The first kappa shape index (κ1) is 14.8. The summed E-state index contributed by atoms with van der Waals surface area (Å²) in [7, 11) is 0. The van der Waals surface area contributed by atoms with Crippen molar-refractivity contribution in [3.63, 3.8) is 0 Å². The fraction of sp³-hybridized carbons (Fsp3) is 0.267. The second kappa shape index (κ2) is 6.69. The second-order valence-electron chi connectivity index (χ2n) is 4.64. The number of alkyl carbamates (subject to hydrolysis) is 1. The van der Waals surface area contributed by atoms with Crippen molar-refractivity contribution in [2.45, 2.75) is 27.0 Å². The average molecular weight is 287 g/mol. The fourth-order valence-corrected chi connectivity index (χ4v) is 1.72. The van der Waals surface area contributed by atoms with Crippen LogP contribution in [-0.4, -0.2) is 16.1 Å². The highest BCUT2D eigenvalue weighted by atomic mass is 16.5. The molecule has 1 heterocycles. The van der Waals surface area contributed by atoms with Crippen molar-refractivity contribution < 1.29 is 9.53 Å². The molecule has 6 heteroatoms. The molecule has 0 aliphatic heterocycles. The second-order valence-corrected chi connectivity index (χ2v) is 4.64.